The first-order valence-corrected chi connectivity index (χ1v) is 9.70. The summed E-state index contributed by atoms with van der Waals surface area (Å²) >= 11 is 5.22. The Bertz CT molecular complexity index is 870. The summed E-state index contributed by atoms with van der Waals surface area (Å²) in [5.41, 5.74) is 0.942. The van der Waals surface area contributed by atoms with Gasteiger partial charge >= 0.3 is 5.97 Å². The molecule has 3 rings (SSSR count). The molecule has 1 unspecified atom stereocenters. The first-order valence-electron chi connectivity index (χ1n) is 8.09. The summed E-state index contributed by atoms with van der Waals surface area (Å²) in [5, 5.41) is 1.19. The van der Waals surface area contributed by atoms with E-state index in [0.717, 1.165) is 15.8 Å². The van der Waals surface area contributed by atoms with E-state index in [1.54, 1.807) is 18.4 Å². The van der Waals surface area contributed by atoms with Crippen LogP contribution in [0.3, 0.4) is 0 Å². The molecule has 25 heavy (non-hydrogen) atoms. The monoisotopic (exact) mass is 418 g/mol. The Morgan fingerprint density at radius 3 is 2.60 bits per heavy atom. The van der Waals surface area contributed by atoms with Crippen LogP contribution < -0.4 is 4.74 Å². The molecular weight excluding hydrogens is 400 g/mol. The van der Waals surface area contributed by atoms with Gasteiger partial charge in [0.1, 0.15) is 5.75 Å². The lowest BCUT2D eigenvalue weighted by Gasteiger charge is -2.15. The van der Waals surface area contributed by atoms with E-state index in [1.165, 1.54) is 15.0 Å². The van der Waals surface area contributed by atoms with E-state index in [1.807, 2.05) is 37.3 Å². The number of hydrogen-bond donors (Lipinski definition) is 0. The number of ether oxygens (including phenoxy) is 2. The minimum absolute atomic E-state index is 0.189. The van der Waals surface area contributed by atoms with Crippen molar-refractivity contribution >= 4 is 43.3 Å². The quantitative estimate of drug-likeness (QED) is 0.491. The van der Waals surface area contributed by atoms with Crippen molar-refractivity contribution in [2.45, 2.75) is 19.3 Å². The number of carbonyl (C=O) groups is 1. The van der Waals surface area contributed by atoms with Gasteiger partial charge in [0.2, 0.25) is 0 Å². The lowest BCUT2D eigenvalue weighted by molar-refractivity contribution is -0.144. The lowest BCUT2D eigenvalue weighted by Crippen LogP contribution is -2.18. The maximum Gasteiger partial charge on any atom is 0.313 e. The molecule has 3 nitrogen and oxygen atoms in total. The van der Waals surface area contributed by atoms with Crippen LogP contribution in [0.5, 0.6) is 5.75 Å². The Balaban J connectivity index is 1.91. The average molecular weight is 419 g/mol. The van der Waals surface area contributed by atoms with E-state index in [9.17, 15) is 4.79 Å². The molecule has 0 aliphatic heterocycles. The van der Waals surface area contributed by atoms with Gasteiger partial charge in [-0.25, -0.2) is 0 Å². The van der Waals surface area contributed by atoms with Crippen LogP contribution in [0.4, 0.5) is 0 Å². The smallest absolute Gasteiger partial charge is 0.313 e. The zero-order valence-corrected chi connectivity index (χ0v) is 16.5. The van der Waals surface area contributed by atoms with Crippen LogP contribution in [-0.4, -0.2) is 19.7 Å². The number of halogens is 1. The Kier molecular flexibility index (Phi) is 5.76. The van der Waals surface area contributed by atoms with Crippen LogP contribution in [0.25, 0.3) is 10.1 Å². The largest absolute Gasteiger partial charge is 0.497 e. The minimum atomic E-state index is -0.317. The first kappa shape index (κ1) is 18.0. The van der Waals surface area contributed by atoms with Crippen LogP contribution in [0.2, 0.25) is 0 Å². The summed E-state index contributed by atoms with van der Waals surface area (Å²) in [7, 11) is 1.63. The van der Waals surface area contributed by atoms with Crippen molar-refractivity contribution in [1.29, 1.82) is 0 Å². The molecule has 0 bridgehead atoms. The van der Waals surface area contributed by atoms with Crippen LogP contribution in [0.1, 0.15) is 23.3 Å². The summed E-state index contributed by atoms with van der Waals surface area (Å²) < 4.78 is 12.8. The Labute approximate surface area is 159 Å². The van der Waals surface area contributed by atoms with Crippen molar-refractivity contribution in [2.24, 2.45) is 0 Å². The number of fused-ring (bicyclic) bond motifs is 1. The molecule has 0 fully saturated rings. The normalized spacial score (nSPS) is 12.1. The molecule has 3 aromatic rings. The molecule has 0 aliphatic rings. The highest BCUT2D eigenvalue weighted by Crippen LogP contribution is 2.32. The van der Waals surface area contributed by atoms with Gasteiger partial charge in [-0.05, 0) is 60.7 Å². The fraction of sp³-hybridized carbons (Fsp3) is 0.250. The topological polar surface area (TPSA) is 35.5 Å². The predicted octanol–water partition coefficient (Wildman–Crippen LogP) is 5.56. The molecule has 0 spiro atoms. The van der Waals surface area contributed by atoms with Crippen molar-refractivity contribution in [3.63, 3.8) is 0 Å². The molecule has 2 aromatic carbocycles. The van der Waals surface area contributed by atoms with E-state index < -0.39 is 0 Å². The second-order valence-corrected chi connectivity index (χ2v) is 7.76. The van der Waals surface area contributed by atoms with Gasteiger partial charge < -0.3 is 9.47 Å². The van der Waals surface area contributed by atoms with Crippen LogP contribution in [0.15, 0.2) is 53.0 Å². The van der Waals surface area contributed by atoms with Crippen LogP contribution in [0, 0.1) is 0 Å². The zero-order chi connectivity index (χ0) is 17.8. The maximum atomic E-state index is 12.5. The van der Waals surface area contributed by atoms with Crippen molar-refractivity contribution in [3.8, 4) is 5.75 Å². The molecule has 0 radical (unpaired) electrons. The fourth-order valence-electron chi connectivity index (χ4n) is 2.79. The lowest BCUT2D eigenvalue weighted by atomic mass is 9.95. The number of carbonyl (C=O) groups excluding carboxylic acids is 1. The Hall–Kier alpha value is -1.85. The highest BCUT2D eigenvalue weighted by atomic mass is 79.9. The van der Waals surface area contributed by atoms with Gasteiger partial charge in [0.25, 0.3) is 0 Å². The third-order valence-electron chi connectivity index (χ3n) is 4.02. The van der Waals surface area contributed by atoms with E-state index in [0.29, 0.717) is 13.0 Å². The zero-order valence-electron chi connectivity index (χ0n) is 14.1. The molecule has 0 saturated carbocycles. The van der Waals surface area contributed by atoms with Gasteiger partial charge in [0, 0.05) is 14.0 Å². The van der Waals surface area contributed by atoms with Crippen molar-refractivity contribution < 1.29 is 14.3 Å². The third-order valence-corrected chi connectivity index (χ3v) is 5.66. The standard InChI is InChI=1S/C20H19BrO3S/c1-3-24-20(22)18(13-4-7-16(23-2)8-5-13)12-17-11-14-10-15(21)6-9-19(14)25-17/h4-11,18H,3,12H2,1-2H3. The number of rotatable bonds is 6. The molecule has 1 heterocycles. The average Bonchev–Trinajstić information content (AvgIpc) is 3.01. The summed E-state index contributed by atoms with van der Waals surface area (Å²) in [6, 6.07) is 16.0. The van der Waals surface area contributed by atoms with Gasteiger partial charge in [-0.2, -0.15) is 0 Å². The summed E-state index contributed by atoms with van der Waals surface area (Å²) in [6.07, 6.45) is 0.627. The summed E-state index contributed by atoms with van der Waals surface area (Å²) in [5.74, 6) is 0.270. The highest BCUT2D eigenvalue weighted by Gasteiger charge is 2.23. The van der Waals surface area contributed by atoms with E-state index >= 15 is 0 Å². The van der Waals surface area contributed by atoms with Gasteiger partial charge in [0.15, 0.2) is 0 Å². The van der Waals surface area contributed by atoms with Gasteiger partial charge in [-0.1, -0.05) is 28.1 Å². The van der Waals surface area contributed by atoms with Gasteiger partial charge in [-0.3, -0.25) is 4.79 Å². The van der Waals surface area contributed by atoms with E-state index in [-0.39, 0.29) is 11.9 Å². The molecular formula is C20H19BrO3S. The van der Waals surface area contributed by atoms with Crippen molar-refractivity contribution in [2.75, 3.05) is 13.7 Å². The maximum absolute atomic E-state index is 12.5. The van der Waals surface area contributed by atoms with Crippen molar-refractivity contribution in [3.05, 3.63) is 63.4 Å². The molecule has 1 atom stereocenters. The molecule has 5 heteroatoms. The Morgan fingerprint density at radius 1 is 1.16 bits per heavy atom. The van der Waals surface area contributed by atoms with Crippen LogP contribution in [-0.2, 0) is 16.0 Å². The predicted molar refractivity (Wildman–Crippen MR) is 106 cm³/mol. The fourth-order valence-corrected chi connectivity index (χ4v) is 4.26. The van der Waals surface area contributed by atoms with E-state index in [2.05, 4.69) is 34.1 Å². The Morgan fingerprint density at radius 2 is 1.92 bits per heavy atom. The molecule has 0 N–H and O–H groups in total. The first-order chi connectivity index (χ1) is 12.1. The number of thiophene rings is 1. The minimum Gasteiger partial charge on any atom is -0.497 e. The molecule has 0 saturated heterocycles. The third kappa shape index (κ3) is 4.22. The highest BCUT2D eigenvalue weighted by molar-refractivity contribution is 9.10. The van der Waals surface area contributed by atoms with Gasteiger partial charge in [-0.15, -0.1) is 11.3 Å². The number of hydrogen-bond acceptors (Lipinski definition) is 4. The SMILES string of the molecule is CCOC(=O)C(Cc1cc2cc(Br)ccc2s1)c1ccc(OC)cc1. The number of esters is 1. The number of methoxy groups -OCH3 is 1. The second-order valence-electron chi connectivity index (χ2n) is 5.68. The van der Waals surface area contributed by atoms with Crippen molar-refractivity contribution in [1.82, 2.24) is 0 Å². The molecule has 0 amide bonds. The summed E-state index contributed by atoms with van der Waals surface area (Å²) in [4.78, 5) is 13.7. The summed E-state index contributed by atoms with van der Waals surface area (Å²) in [6.45, 7) is 2.21. The van der Waals surface area contributed by atoms with Crippen LogP contribution >= 0.6 is 27.3 Å². The number of benzene rings is 2. The molecule has 1 aromatic heterocycles. The van der Waals surface area contributed by atoms with E-state index in [4.69, 9.17) is 9.47 Å². The second kappa shape index (κ2) is 8.02. The molecule has 130 valence electrons. The van der Waals surface area contributed by atoms with Gasteiger partial charge in [0.05, 0.1) is 19.6 Å². The molecule has 0 aliphatic carbocycles.